The summed E-state index contributed by atoms with van der Waals surface area (Å²) < 4.78 is 21.1. The van der Waals surface area contributed by atoms with Crippen molar-refractivity contribution in [2.24, 2.45) is 0 Å². The third kappa shape index (κ3) is 2.37. The number of ether oxygens (including phenoxy) is 1. The van der Waals surface area contributed by atoms with E-state index in [1.54, 1.807) is 35.0 Å². The smallest absolute Gasteiger partial charge is 0.414 e. The monoisotopic (exact) mass is 328 g/mol. The summed E-state index contributed by atoms with van der Waals surface area (Å²) >= 11 is 0. The predicted octanol–water partition coefficient (Wildman–Crippen LogP) is 1.85. The third-order valence-corrected chi connectivity index (χ3v) is 3.93. The Morgan fingerprint density at radius 2 is 2.21 bits per heavy atom. The lowest BCUT2D eigenvalue weighted by Crippen LogP contribution is -2.25. The number of aliphatic hydroxyl groups is 1. The van der Waals surface area contributed by atoms with Gasteiger partial charge in [0.15, 0.2) is 5.65 Å². The van der Waals surface area contributed by atoms with Gasteiger partial charge in [0.2, 0.25) is 0 Å². The highest BCUT2D eigenvalue weighted by Crippen LogP contribution is 2.29. The first-order chi connectivity index (χ1) is 11.7. The maximum atomic E-state index is 14.6. The van der Waals surface area contributed by atoms with E-state index in [2.05, 4.69) is 10.1 Å². The van der Waals surface area contributed by atoms with E-state index in [1.807, 2.05) is 0 Å². The molecule has 3 aromatic rings. The molecule has 8 heteroatoms. The highest BCUT2D eigenvalue weighted by atomic mass is 19.1. The topological polar surface area (TPSA) is 80.0 Å². The number of aliphatic hydroxyl groups excluding tert-OH is 1. The van der Waals surface area contributed by atoms with Crippen LogP contribution < -0.4 is 4.90 Å². The predicted molar refractivity (Wildman–Crippen MR) is 83.1 cm³/mol. The summed E-state index contributed by atoms with van der Waals surface area (Å²) in [4.78, 5) is 17.2. The van der Waals surface area contributed by atoms with Crippen molar-refractivity contribution in [1.82, 2.24) is 14.6 Å². The number of nitrogens with zero attached hydrogens (tertiary/aromatic N) is 4. The first-order valence-corrected chi connectivity index (χ1v) is 7.34. The van der Waals surface area contributed by atoms with Crippen LogP contribution in [-0.2, 0) is 4.74 Å². The molecule has 1 amide bonds. The molecule has 1 N–H and O–H groups in total. The van der Waals surface area contributed by atoms with Gasteiger partial charge >= 0.3 is 6.09 Å². The van der Waals surface area contributed by atoms with E-state index >= 15 is 0 Å². The Morgan fingerprint density at radius 3 is 2.96 bits per heavy atom. The van der Waals surface area contributed by atoms with Crippen molar-refractivity contribution >= 4 is 17.4 Å². The van der Waals surface area contributed by atoms with Gasteiger partial charge in [-0.05, 0) is 35.9 Å². The molecular formula is C16H13FN4O3. The van der Waals surface area contributed by atoms with Crippen LogP contribution in [0.5, 0.6) is 0 Å². The molecule has 7 nitrogen and oxygen atoms in total. The highest BCUT2D eigenvalue weighted by Gasteiger charge is 2.32. The SMILES string of the molecule is O=C1O[C@@H](CO)CN1c1ccc(-c2ccn3ncnc3c2)c(F)c1. The number of fused-ring (bicyclic) bond motifs is 1. The highest BCUT2D eigenvalue weighted by molar-refractivity contribution is 5.90. The lowest BCUT2D eigenvalue weighted by molar-refractivity contribution is 0.0963. The van der Waals surface area contributed by atoms with Crippen LogP contribution >= 0.6 is 0 Å². The van der Waals surface area contributed by atoms with Gasteiger partial charge in [-0.3, -0.25) is 4.90 Å². The van der Waals surface area contributed by atoms with Crippen molar-refractivity contribution in [3.63, 3.8) is 0 Å². The van der Waals surface area contributed by atoms with E-state index in [-0.39, 0.29) is 13.2 Å². The minimum atomic E-state index is -0.592. The molecule has 2 aromatic heterocycles. The van der Waals surface area contributed by atoms with Gasteiger partial charge in [0.25, 0.3) is 0 Å². The quantitative estimate of drug-likeness (QED) is 0.794. The molecule has 0 bridgehead atoms. The summed E-state index contributed by atoms with van der Waals surface area (Å²) in [6.07, 6.45) is 1.95. The molecule has 1 atom stereocenters. The van der Waals surface area contributed by atoms with Gasteiger partial charge in [0, 0.05) is 11.8 Å². The van der Waals surface area contributed by atoms with Gasteiger partial charge in [0.05, 0.1) is 18.8 Å². The molecule has 0 saturated carbocycles. The molecule has 1 aliphatic heterocycles. The van der Waals surface area contributed by atoms with Gasteiger partial charge < -0.3 is 9.84 Å². The number of halogens is 1. The maximum Gasteiger partial charge on any atom is 0.414 e. The van der Waals surface area contributed by atoms with Crippen molar-refractivity contribution in [2.75, 3.05) is 18.1 Å². The summed E-state index contributed by atoms with van der Waals surface area (Å²) in [6.45, 7) is -0.0685. The maximum absolute atomic E-state index is 14.6. The molecule has 0 unspecified atom stereocenters. The molecule has 1 saturated heterocycles. The molecule has 122 valence electrons. The average molecular weight is 328 g/mol. The summed E-state index contributed by atoms with van der Waals surface area (Å²) in [5.74, 6) is -0.461. The number of rotatable bonds is 3. The minimum absolute atomic E-state index is 0.194. The largest absolute Gasteiger partial charge is 0.441 e. The van der Waals surface area contributed by atoms with Gasteiger partial charge in [-0.25, -0.2) is 18.7 Å². The molecule has 3 heterocycles. The van der Waals surface area contributed by atoms with Crippen LogP contribution in [0.3, 0.4) is 0 Å². The summed E-state index contributed by atoms with van der Waals surface area (Å²) in [5.41, 5.74) is 2.07. The van der Waals surface area contributed by atoms with E-state index in [1.165, 1.54) is 17.3 Å². The van der Waals surface area contributed by atoms with Crippen LogP contribution in [0.1, 0.15) is 0 Å². The van der Waals surface area contributed by atoms with Crippen LogP contribution in [0.15, 0.2) is 42.9 Å². The molecule has 0 radical (unpaired) electrons. The molecule has 24 heavy (non-hydrogen) atoms. The number of hydrogen-bond donors (Lipinski definition) is 1. The Bertz CT molecular complexity index is 927. The number of hydrogen-bond acceptors (Lipinski definition) is 5. The number of carbonyl (C=O) groups is 1. The van der Waals surface area contributed by atoms with Crippen LogP contribution in [0, 0.1) is 5.82 Å². The Morgan fingerprint density at radius 1 is 1.33 bits per heavy atom. The van der Waals surface area contributed by atoms with Crippen LogP contribution in [0.2, 0.25) is 0 Å². The first-order valence-electron chi connectivity index (χ1n) is 7.34. The Hall–Kier alpha value is -3.00. The number of pyridine rings is 1. The number of anilines is 1. The van der Waals surface area contributed by atoms with E-state index in [4.69, 9.17) is 9.84 Å². The normalized spacial score (nSPS) is 17.5. The lowest BCUT2D eigenvalue weighted by Gasteiger charge is -2.14. The summed E-state index contributed by atoms with van der Waals surface area (Å²) in [7, 11) is 0. The van der Waals surface area contributed by atoms with E-state index in [0.29, 0.717) is 22.5 Å². The zero-order valence-corrected chi connectivity index (χ0v) is 12.5. The molecule has 4 rings (SSSR count). The zero-order chi connectivity index (χ0) is 16.7. The van der Waals surface area contributed by atoms with Crippen molar-refractivity contribution in [1.29, 1.82) is 0 Å². The van der Waals surface area contributed by atoms with Gasteiger partial charge in [0.1, 0.15) is 18.2 Å². The summed E-state index contributed by atoms with van der Waals surface area (Å²) in [6, 6.07) is 8.01. The third-order valence-electron chi connectivity index (χ3n) is 3.93. The fraction of sp³-hybridized carbons (Fsp3) is 0.188. The van der Waals surface area contributed by atoms with Gasteiger partial charge in [-0.15, -0.1) is 0 Å². The van der Waals surface area contributed by atoms with Crippen LogP contribution in [0.25, 0.3) is 16.8 Å². The van der Waals surface area contributed by atoms with Crippen molar-refractivity contribution < 1.29 is 19.0 Å². The standard InChI is InChI=1S/C16H13FN4O3/c17-14-6-11(20-7-12(8-22)24-16(20)23)1-2-13(14)10-3-4-21-15(5-10)18-9-19-21/h1-6,9,12,22H,7-8H2/t12-/m1/s1. The second-order valence-corrected chi connectivity index (χ2v) is 5.44. The second kappa shape index (κ2) is 5.57. The summed E-state index contributed by atoms with van der Waals surface area (Å²) in [5, 5.41) is 13.1. The van der Waals surface area contributed by atoms with E-state index in [0.717, 1.165) is 0 Å². The van der Waals surface area contributed by atoms with Crippen LogP contribution in [-0.4, -0.2) is 45.1 Å². The Kier molecular flexibility index (Phi) is 3.39. The number of aromatic nitrogens is 3. The molecule has 1 aromatic carbocycles. The first kappa shape index (κ1) is 14.6. The molecule has 1 aliphatic rings. The number of cyclic esters (lactones) is 1. The van der Waals surface area contributed by atoms with Crippen molar-refractivity contribution in [2.45, 2.75) is 6.10 Å². The van der Waals surface area contributed by atoms with Crippen molar-refractivity contribution in [3.8, 4) is 11.1 Å². The van der Waals surface area contributed by atoms with Crippen LogP contribution in [0.4, 0.5) is 14.9 Å². The Balaban J connectivity index is 1.68. The lowest BCUT2D eigenvalue weighted by atomic mass is 10.1. The minimum Gasteiger partial charge on any atom is -0.441 e. The number of benzene rings is 1. The zero-order valence-electron chi connectivity index (χ0n) is 12.5. The van der Waals surface area contributed by atoms with Gasteiger partial charge in [-0.1, -0.05) is 0 Å². The second-order valence-electron chi connectivity index (χ2n) is 5.44. The fourth-order valence-electron chi connectivity index (χ4n) is 2.72. The van der Waals surface area contributed by atoms with E-state index in [9.17, 15) is 9.18 Å². The van der Waals surface area contributed by atoms with E-state index < -0.39 is 18.0 Å². The molecule has 0 spiro atoms. The number of amides is 1. The average Bonchev–Trinajstić information content (AvgIpc) is 3.20. The van der Waals surface area contributed by atoms with Gasteiger partial charge in [-0.2, -0.15) is 5.10 Å². The Labute approximate surface area is 135 Å². The molecule has 1 fully saturated rings. The fourth-order valence-corrected chi connectivity index (χ4v) is 2.72. The number of carbonyl (C=O) groups excluding carboxylic acids is 1. The van der Waals surface area contributed by atoms with Crippen molar-refractivity contribution in [3.05, 3.63) is 48.7 Å². The molecule has 0 aliphatic carbocycles. The molecular weight excluding hydrogens is 315 g/mol.